The van der Waals surface area contributed by atoms with Gasteiger partial charge in [0, 0.05) is 5.73 Å². The Morgan fingerprint density at radius 3 is 1.76 bits per heavy atom. The van der Waals surface area contributed by atoms with Crippen LogP contribution in [0.1, 0.15) is 121 Å². The lowest BCUT2D eigenvalue weighted by Crippen LogP contribution is -2.62. The molecule has 0 radical (unpaired) electrons. The standard InChI is InChI=1S/C39H58B2N4/c1-27(2)43-38(42-37-30(6)13-8-14-31(37)7)41(34-19-11-20-35(41)22-12-21-34)45(36-25-23-29(5)24-26-36)39(43)44(28(3)4)40-32-15-9-16-33(40)18-10-17-32/h8,13-14,23-28,32-35H,9-12,15-22H2,1-7H3. The van der Waals surface area contributed by atoms with Crippen molar-refractivity contribution in [3.63, 3.8) is 0 Å². The zero-order chi connectivity index (χ0) is 31.5. The van der Waals surface area contributed by atoms with Gasteiger partial charge in [-0.15, -0.1) is 11.6 Å². The van der Waals surface area contributed by atoms with Gasteiger partial charge in [-0.3, -0.25) is 9.89 Å². The molecule has 0 atom stereocenters. The molecule has 0 unspecified atom stereocenters. The van der Waals surface area contributed by atoms with Gasteiger partial charge in [0.2, 0.25) is 6.28 Å². The fraction of sp³-hybridized carbons (Fsp3) is 0.641. The Morgan fingerprint density at radius 1 is 0.756 bits per heavy atom. The van der Waals surface area contributed by atoms with Crippen LogP contribution in [0.5, 0.6) is 0 Å². The van der Waals surface area contributed by atoms with Crippen molar-refractivity contribution in [2.45, 2.75) is 161 Å². The molecular weight excluding hydrogens is 546 g/mol. The van der Waals surface area contributed by atoms with Crippen LogP contribution in [0.4, 0.5) is 11.4 Å². The van der Waals surface area contributed by atoms with E-state index in [0.717, 1.165) is 11.6 Å². The highest BCUT2D eigenvalue weighted by atomic mass is 15.5. The third kappa shape index (κ3) is 5.03. The van der Waals surface area contributed by atoms with E-state index in [1.165, 1.54) is 117 Å². The molecule has 1 spiro atoms. The monoisotopic (exact) mass is 604 g/mol. The van der Waals surface area contributed by atoms with Gasteiger partial charge in [0.05, 0.1) is 23.5 Å². The molecule has 0 amide bonds. The first kappa shape index (κ1) is 31.1. The zero-order valence-corrected chi connectivity index (χ0v) is 29.4. The summed E-state index contributed by atoms with van der Waals surface area (Å²) in [5.74, 6) is 4.42. The number of fused-ring (bicyclic) bond motifs is 2. The summed E-state index contributed by atoms with van der Waals surface area (Å²) in [6, 6.07) is 17.2. The van der Waals surface area contributed by atoms with E-state index in [4.69, 9.17) is 4.99 Å². The molecule has 4 bridgehead atoms. The Morgan fingerprint density at radius 2 is 1.27 bits per heavy atom. The van der Waals surface area contributed by atoms with E-state index in [1.807, 2.05) is 0 Å². The van der Waals surface area contributed by atoms with Crippen molar-refractivity contribution >= 4 is 36.2 Å². The average molecular weight is 605 g/mol. The van der Waals surface area contributed by atoms with Crippen molar-refractivity contribution in [3.8, 4) is 0 Å². The second kappa shape index (κ2) is 12.3. The van der Waals surface area contributed by atoms with Gasteiger partial charge in [0.25, 0.3) is 5.96 Å². The number of para-hydroxylation sites is 1. The second-order valence-corrected chi connectivity index (χ2v) is 16.4. The average Bonchev–Trinajstić information content (AvgIpc) is 3.25. The number of rotatable bonds is 5. The van der Waals surface area contributed by atoms with Crippen LogP contribution in [-0.4, -0.2) is 51.1 Å². The maximum atomic E-state index is 6.00. The minimum absolute atomic E-state index is 0.324. The molecule has 4 fully saturated rings. The minimum Gasteiger partial charge on any atom is -0.414 e. The molecule has 2 aromatic rings. The number of aryl methyl sites for hydroxylation is 3. The first-order valence-corrected chi connectivity index (χ1v) is 18.9. The fourth-order valence-corrected chi connectivity index (χ4v) is 11.4. The summed E-state index contributed by atoms with van der Waals surface area (Å²) < 4.78 is 3.00. The van der Waals surface area contributed by atoms with Crippen molar-refractivity contribution in [1.29, 1.82) is 0 Å². The molecule has 5 aliphatic heterocycles. The Kier molecular flexibility index (Phi) is 8.49. The van der Waals surface area contributed by atoms with Gasteiger partial charge >= 0.3 is 6.85 Å². The zero-order valence-electron chi connectivity index (χ0n) is 29.4. The molecule has 5 aliphatic rings. The molecule has 240 valence electrons. The maximum Gasteiger partial charge on any atom is 0.343 e. The molecule has 6 heteroatoms. The molecule has 45 heavy (non-hydrogen) atoms. The Bertz CT molecular complexity index is 1400. The molecule has 2 aromatic carbocycles. The van der Waals surface area contributed by atoms with Crippen molar-refractivity contribution in [3.05, 3.63) is 59.2 Å². The van der Waals surface area contributed by atoms with E-state index >= 15 is 0 Å². The van der Waals surface area contributed by atoms with E-state index in [0.29, 0.717) is 30.6 Å². The summed E-state index contributed by atoms with van der Waals surface area (Å²) in [6.45, 7) is 17.3. The van der Waals surface area contributed by atoms with Crippen LogP contribution in [0.15, 0.2) is 47.5 Å². The number of guanidine groups is 1. The normalized spacial score (nSPS) is 30.7. The highest BCUT2D eigenvalue weighted by Crippen LogP contribution is 2.59. The molecule has 0 aromatic heterocycles. The van der Waals surface area contributed by atoms with Crippen molar-refractivity contribution in [2.75, 3.05) is 0 Å². The molecule has 0 aliphatic carbocycles. The van der Waals surface area contributed by atoms with Crippen molar-refractivity contribution < 1.29 is 4.49 Å². The van der Waals surface area contributed by atoms with Crippen LogP contribution in [0.3, 0.4) is 0 Å². The van der Waals surface area contributed by atoms with Crippen LogP contribution in [0, 0.1) is 20.8 Å². The highest BCUT2D eigenvalue weighted by Gasteiger charge is 2.64. The third-order valence-corrected chi connectivity index (χ3v) is 13.1. The van der Waals surface area contributed by atoms with Gasteiger partial charge in [-0.25, -0.2) is 0 Å². The molecule has 4 nitrogen and oxygen atoms in total. The summed E-state index contributed by atoms with van der Waals surface area (Å²) >= 11 is 0. The smallest absolute Gasteiger partial charge is 0.343 e. The van der Waals surface area contributed by atoms with E-state index in [2.05, 4.69) is 105 Å². The Balaban J connectivity index is 1.58. The van der Waals surface area contributed by atoms with Gasteiger partial charge in [0.1, 0.15) is 0 Å². The molecule has 4 saturated heterocycles. The highest BCUT2D eigenvalue weighted by molar-refractivity contribution is 7.05. The quantitative estimate of drug-likeness (QED) is 0.317. The SMILES string of the molecule is Cc1ccc([N+]2=C(N(B3C4CCCC3CCC4)C(C)C)N(C(C)C)C(=Nc3c(C)cccc3C)[B-]23C2CCCC3CCC2)cc1. The summed E-state index contributed by atoms with van der Waals surface area (Å²) in [5.41, 5.74) is 7.97. The third-order valence-electron chi connectivity index (χ3n) is 13.1. The number of hydrogen-bond donors (Lipinski definition) is 0. The number of aliphatic imine (C=N–C) groups is 1. The molecule has 0 N–H and O–H groups in total. The predicted octanol–water partition coefficient (Wildman–Crippen LogP) is 10.5. The molecular formula is C39H58B2N4. The topological polar surface area (TPSA) is 21.9 Å². The number of amidine groups is 1. The predicted molar refractivity (Wildman–Crippen MR) is 195 cm³/mol. The number of nitrogens with zero attached hydrogens (tertiary/aromatic N) is 4. The van der Waals surface area contributed by atoms with E-state index in [-0.39, 0.29) is 0 Å². The Hall–Kier alpha value is -2.49. The second-order valence-electron chi connectivity index (χ2n) is 16.4. The molecule has 7 rings (SSSR count). The molecule has 5 heterocycles. The van der Waals surface area contributed by atoms with Crippen LogP contribution in [0.25, 0.3) is 0 Å². The summed E-state index contributed by atoms with van der Waals surface area (Å²) in [5, 5.41) is 0. The summed E-state index contributed by atoms with van der Waals surface area (Å²) in [6.07, 6.45) is 15.4. The van der Waals surface area contributed by atoms with Gasteiger partial charge < -0.3 is 9.30 Å². The first-order valence-electron chi connectivity index (χ1n) is 18.9. The van der Waals surface area contributed by atoms with E-state index in [1.54, 1.807) is 0 Å². The Labute approximate surface area is 274 Å². The van der Waals surface area contributed by atoms with Gasteiger partial charge in [-0.2, -0.15) is 0 Å². The van der Waals surface area contributed by atoms with Crippen LogP contribution in [-0.2, 0) is 0 Å². The van der Waals surface area contributed by atoms with Crippen LogP contribution >= 0.6 is 0 Å². The van der Waals surface area contributed by atoms with Crippen LogP contribution in [0.2, 0.25) is 23.3 Å². The van der Waals surface area contributed by atoms with E-state index < -0.39 is 6.28 Å². The summed E-state index contributed by atoms with van der Waals surface area (Å²) in [4.78, 5) is 11.8. The van der Waals surface area contributed by atoms with Crippen LogP contribution < -0.4 is 0 Å². The lowest BCUT2D eigenvalue weighted by molar-refractivity contribution is -0.310. The maximum absolute atomic E-state index is 6.00. The van der Waals surface area contributed by atoms with Gasteiger partial charge in [-0.1, -0.05) is 113 Å². The summed E-state index contributed by atoms with van der Waals surface area (Å²) in [7, 11) is 0. The van der Waals surface area contributed by atoms with E-state index in [9.17, 15) is 0 Å². The minimum atomic E-state index is -1.14. The molecule has 0 saturated carbocycles. The fourth-order valence-electron chi connectivity index (χ4n) is 11.4. The lowest BCUT2D eigenvalue weighted by atomic mass is 9.15. The largest absolute Gasteiger partial charge is 0.414 e. The number of hydrogen-bond acceptors (Lipinski definition) is 2. The van der Waals surface area contributed by atoms with Gasteiger partial charge in [-0.05, 0) is 83.4 Å². The number of benzene rings is 2. The van der Waals surface area contributed by atoms with Crippen molar-refractivity contribution in [2.24, 2.45) is 4.99 Å². The van der Waals surface area contributed by atoms with Crippen molar-refractivity contribution in [1.82, 2.24) is 9.71 Å². The first-order chi connectivity index (χ1) is 21.7. The van der Waals surface area contributed by atoms with Gasteiger partial charge in [0.15, 0.2) is 0 Å². The lowest BCUT2D eigenvalue weighted by Gasteiger charge is -2.56.